The van der Waals surface area contributed by atoms with E-state index in [9.17, 15) is 18.0 Å². The summed E-state index contributed by atoms with van der Waals surface area (Å²) in [5, 5.41) is 10.8. The minimum atomic E-state index is -4.54. The van der Waals surface area contributed by atoms with Crippen LogP contribution in [0.1, 0.15) is 11.3 Å². The summed E-state index contributed by atoms with van der Waals surface area (Å²) in [6.45, 7) is 0. The molecule has 0 bridgehead atoms. The van der Waals surface area contributed by atoms with E-state index in [-0.39, 0.29) is 5.69 Å². The highest BCUT2D eigenvalue weighted by atomic mass is 19.4. The van der Waals surface area contributed by atoms with Gasteiger partial charge in [0.25, 0.3) is 5.56 Å². The van der Waals surface area contributed by atoms with Crippen molar-refractivity contribution in [3.8, 4) is 5.69 Å². The molecule has 31 heavy (non-hydrogen) atoms. The zero-order valence-electron chi connectivity index (χ0n) is 16.2. The van der Waals surface area contributed by atoms with Crippen LogP contribution in [-0.2, 0) is 6.18 Å². The monoisotopic (exact) mass is 423 g/mol. The van der Waals surface area contributed by atoms with Crippen molar-refractivity contribution >= 4 is 33.8 Å². The van der Waals surface area contributed by atoms with Gasteiger partial charge >= 0.3 is 6.18 Å². The first-order chi connectivity index (χ1) is 14.8. The van der Waals surface area contributed by atoms with Gasteiger partial charge in [0, 0.05) is 36.6 Å². The van der Waals surface area contributed by atoms with E-state index in [0.717, 1.165) is 18.3 Å². The predicted octanol–water partition coefficient (Wildman–Crippen LogP) is 4.16. The Balaban J connectivity index is 2.10. The summed E-state index contributed by atoms with van der Waals surface area (Å²) in [6, 6.07) is 10.9. The summed E-state index contributed by atoms with van der Waals surface area (Å²) in [5.74, 6) is 0. The Bertz CT molecular complexity index is 1410. The van der Waals surface area contributed by atoms with E-state index < -0.39 is 17.3 Å². The fourth-order valence-electron chi connectivity index (χ4n) is 3.38. The standard InChI is InChI=1S/C22H16F3N5O/c1-27-16(9-10-26)17-6-7-18-20(29-17)21-13(12-28-18)5-8-19(31)30(21)15-4-2-3-14(11-15)22(23,24)25/h2-12,26-27H,1H3/b16-9-,26-10?. The Kier molecular flexibility index (Phi) is 5.02. The zero-order chi connectivity index (χ0) is 22.2. The van der Waals surface area contributed by atoms with Gasteiger partial charge in [-0.05, 0) is 42.5 Å². The van der Waals surface area contributed by atoms with Gasteiger partial charge in [-0.25, -0.2) is 4.98 Å². The summed E-state index contributed by atoms with van der Waals surface area (Å²) in [6.07, 6.45) is -0.363. The fourth-order valence-corrected chi connectivity index (χ4v) is 3.38. The molecule has 6 nitrogen and oxygen atoms in total. The number of halogens is 3. The average molecular weight is 423 g/mol. The van der Waals surface area contributed by atoms with Crippen molar-refractivity contribution in [1.82, 2.24) is 19.9 Å². The summed E-state index contributed by atoms with van der Waals surface area (Å²) in [5.41, 5.74) is 0.988. The fraction of sp³-hybridized carbons (Fsp3) is 0.0909. The third-order valence-electron chi connectivity index (χ3n) is 4.79. The lowest BCUT2D eigenvalue weighted by Crippen LogP contribution is -2.19. The number of nitrogens with one attached hydrogen (secondary N) is 2. The Morgan fingerprint density at radius 2 is 1.97 bits per heavy atom. The van der Waals surface area contributed by atoms with E-state index in [1.807, 2.05) is 0 Å². The van der Waals surface area contributed by atoms with Crippen molar-refractivity contribution < 1.29 is 13.2 Å². The maximum absolute atomic E-state index is 13.3. The molecular formula is C22H16F3N5O. The number of pyridine rings is 3. The molecule has 0 fully saturated rings. The molecule has 0 atom stereocenters. The van der Waals surface area contributed by atoms with Crippen LogP contribution in [0.2, 0.25) is 0 Å². The molecule has 0 spiro atoms. The Labute approximate surface area is 174 Å². The minimum Gasteiger partial charge on any atom is -0.386 e. The van der Waals surface area contributed by atoms with Crippen LogP contribution in [0.5, 0.6) is 0 Å². The van der Waals surface area contributed by atoms with Gasteiger partial charge in [-0.2, -0.15) is 13.2 Å². The second-order valence-corrected chi connectivity index (χ2v) is 6.68. The van der Waals surface area contributed by atoms with E-state index in [1.165, 1.54) is 28.8 Å². The van der Waals surface area contributed by atoms with Crippen molar-refractivity contribution in [3.63, 3.8) is 0 Å². The number of hydrogen-bond acceptors (Lipinski definition) is 5. The molecule has 4 aromatic rings. The lowest BCUT2D eigenvalue weighted by atomic mass is 10.1. The van der Waals surface area contributed by atoms with Gasteiger partial charge in [-0.15, -0.1) is 0 Å². The van der Waals surface area contributed by atoms with Crippen LogP contribution >= 0.6 is 0 Å². The SMILES string of the molecule is CN/C(=C\C=N)c1ccc2ncc3ccc(=O)n(-c4cccc(C(F)(F)F)c4)c3c2n1. The number of benzene rings is 1. The van der Waals surface area contributed by atoms with Crippen molar-refractivity contribution in [1.29, 1.82) is 5.41 Å². The van der Waals surface area contributed by atoms with Gasteiger partial charge in [0.15, 0.2) is 0 Å². The summed E-state index contributed by atoms with van der Waals surface area (Å²) >= 11 is 0. The van der Waals surface area contributed by atoms with E-state index in [0.29, 0.717) is 33.3 Å². The first-order valence-corrected chi connectivity index (χ1v) is 9.21. The van der Waals surface area contributed by atoms with Gasteiger partial charge in [0.1, 0.15) is 5.52 Å². The normalized spacial score (nSPS) is 12.3. The van der Waals surface area contributed by atoms with Crippen LogP contribution < -0.4 is 10.9 Å². The molecule has 0 saturated carbocycles. The highest BCUT2D eigenvalue weighted by molar-refractivity contribution is 6.02. The largest absolute Gasteiger partial charge is 0.416 e. The van der Waals surface area contributed by atoms with Gasteiger partial charge < -0.3 is 10.7 Å². The van der Waals surface area contributed by atoms with Crippen LogP contribution in [0.4, 0.5) is 13.2 Å². The number of allylic oxidation sites excluding steroid dienone is 1. The molecule has 1 aromatic carbocycles. The molecule has 156 valence electrons. The number of rotatable bonds is 4. The Morgan fingerprint density at radius 3 is 2.68 bits per heavy atom. The van der Waals surface area contributed by atoms with E-state index in [1.54, 1.807) is 31.4 Å². The number of hydrogen-bond donors (Lipinski definition) is 2. The molecule has 3 heterocycles. The molecule has 9 heteroatoms. The average Bonchev–Trinajstić information content (AvgIpc) is 2.76. The topological polar surface area (TPSA) is 83.7 Å². The molecule has 3 aromatic heterocycles. The second-order valence-electron chi connectivity index (χ2n) is 6.68. The van der Waals surface area contributed by atoms with Crippen LogP contribution in [0.25, 0.3) is 33.3 Å². The molecule has 0 saturated heterocycles. The first kappa shape index (κ1) is 20.3. The molecule has 2 N–H and O–H groups in total. The highest BCUT2D eigenvalue weighted by Crippen LogP contribution is 2.31. The van der Waals surface area contributed by atoms with Crippen LogP contribution in [-0.4, -0.2) is 27.8 Å². The van der Waals surface area contributed by atoms with Crippen molar-refractivity contribution in [3.05, 3.63) is 82.4 Å². The summed E-state index contributed by atoms with van der Waals surface area (Å²) in [4.78, 5) is 21.8. The minimum absolute atomic E-state index is 0.0778. The Hall–Kier alpha value is -4.01. The lowest BCUT2D eigenvalue weighted by Gasteiger charge is -2.15. The van der Waals surface area contributed by atoms with Crippen LogP contribution in [0.3, 0.4) is 0 Å². The van der Waals surface area contributed by atoms with E-state index in [4.69, 9.17) is 5.41 Å². The van der Waals surface area contributed by atoms with Crippen molar-refractivity contribution in [2.24, 2.45) is 0 Å². The number of alkyl halides is 3. The van der Waals surface area contributed by atoms with Gasteiger partial charge in [-0.3, -0.25) is 14.3 Å². The molecule has 0 aliphatic rings. The first-order valence-electron chi connectivity index (χ1n) is 9.21. The van der Waals surface area contributed by atoms with E-state index >= 15 is 0 Å². The number of aromatic nitrogens is 3. The zero-order valence-corrected chi connectivity index (χ0v) is 16.2. The third-order valence-corrected chi connectivity index (χ3v) is 4.79. The molecule has 0 aliphatic carbocycles. The van der Waals surface area contributed by atoms with Gasteiger partial charge in [0.2, 0.25) is 0 Å². The lowest BCUT2D eigenvalue weighted by molar-refractivity contribution is -0.137. The van der Waals surface area contributed by atoms with Crippen molar-refractivity contribution in [2.45, 2.75) is 6.18 Å². The van der Waals surface area contributed by atoms with Crippen LogP contribution in [0.15, 0.2) is 65.6 Å². The molecule has 0 aliphatic heterocycles. The third kappa shape index (κ3) is 3.65. The number of fused-ring (bicyclic) bond motifs is 3. The maximum atomic E-state index is 13.3. The molecule has 0 radical (unpaired) electrons. The van der Waals surface area contributed by atoms with Gasteiger partial charge in [0.05, 0.1) is 28.0 Å². The quantitative estimate of drug-likeness (QED) is 0.381. The molecule has 0 unspecified atom stereocenters. The molecular weight excluding hydrogens is 407 g/mol. The predicted molar refractivity (Wildman–Crippen MR) is 113 cm³/mol. The maximum Gasteiger partial charge on any atom is 0.416 e. The highest BCUT2D eigenvalue weighted by Gasteiger charge is 2.30. The van der Waals surface area contributed by atoms with E-state index in [2.05, 4.69) is 15.3 Å². The Morgan fingerprint density at radius 1 is 1.16 bits per heavy atom. The van der Waals surface area contributed by atoms with Crippen molar-refractivity contribution in [2.75, 3.05) is 7.05 Å². The molecule has 4 rings (SSSR count). The summed E-state index contributed by atoms with van der Waals surface area (Å²) in [7, 11) is 1.68. The summed E-state index contributed by atoms with van der Waals surface area (Å²) < 4.78 is 41.0. The second kappa shape index (κ2) is 7.67. The number of nitrogens with zero attached hydrogens (tertiary/aromatic N) is 3. The van der Waals surface area contributed by atoms with Crippen LogP contribution in [0, 0.1) is 5.41 Å². The van der Waals surface area contributed by atoms with Gasteiger partial charge in [-0.1, -0.05) is 6.07 Å². The smallest absolute Gasteiger partial charge is 0.386 e. The molecule has 0 amide bonds.